The molecule has 0 bridgehead atoms. The minimum absolute atomic E-state index is 0.638. The number of pyridine rings is 2. The van der Waals surface area contributed by atoms with E-state index in [1.54, 1.807) is 12.4 Å². The van der Waals surface area contributed by atoms with Gasteiger partial charge in [0.15, 0.2) is 0 Å². The van der Waals surface area contributed by atoms with Crippen LogP contribution in [0.25, 0.3) is 0 Å². The lowest BCUT2D eigenvalue weighted by molar-refractivity contribution is 1.01. The summed E-state index contributed by atoms with van der Waals surface area (Å²) in [6.07, 6.45) is 3.41. The highest BCUT2D eigenvalue weighted by atomic mass is 35.5. The van der Waals surface area contributed by atoms with Gasteiger partial charge in [-0.3, -0.25) is 4.98 Å². The number of rotatable bonds is 3. The molecule has 2 rings (SSSR count). The summed E-state index contributed by atoms with van der Waals surface area (Å²) >= 11 is 5.75. The third kappa shape index (κ3) is 2.70. The Bertz CT molecular complexity index is 468. The predicted molar refractivity (Wildman–Crippen MR) is 65.5 cm³/mol. The van der Waals surface area contributed by atoms with Crippen LogP contribution in [-0.2, 0) is 6.54 Å². The molecule has 0 aliphatic carbocycles. The Morgan fingerprint density at radius 1 is 1.25 bits per heavy atom. The van der Waals surface area contributed by atoms with Gasteiger partial charge in [-0.2, -0.15) is 0 Å². The van der Waals surface area contributed by atoms with Crippen molar-refractivity contribution in [3.05, 3.63) is 52.9 Å². The summed E-state index contributed by atoms with van der Waals surface area (Å²) in [6.45, 7) is 2.71. The van der Waals surface area contributed by atoms with Gasteiger partial charge < -0.3 is 5.32 Å². The molecule has 0 saturated heterocycles. The molecule has 0 fully saturated rings. The van der Waals surface area contributed by atoms with E-state index in [-0.39, 0.29) is 0 Å². The highest BCUT2D eigenvalue weighted by molar-refractivity contribution is 6.30. The van der Waals surface area contributed by atoms with E-state index in [1.807, 2.05) is 31.2 Å². The Morgan fingerprint density at radius 3 is 2.81 bits per heavy atom. The minimum Gasteiger partial charge on any atom is -0.364 e. The van der Waals surface area contributed by atoms with Crippen molar-refractivity contribution in [2.45, 2.75) is 13.5 Å². The monoisotopic (exact) mass is 233 g/mol. The molecular formula is C12H12ClN3. The van der Waals surface area contributed by atoms with Gasteiger partial charge in [-0.25, -0.2) is 4.98 Å². The SMILES string of the molecule is Cc1cccnc1CNc1ccc(Cl)cn1. The molecule has 0 aliphatic heterocycles. The van der Waals surface area contributed by atoms with E-state index >= 15 is 0 Å². The summed E-state index contributed by atoms with van der Waals surface area (Å²) in [7, 11) is 0. The number of aryl methyl sites for hydroxylation is 1. The fourth-order valence-corrected chi connectivity index (χ4v) is 1.47. The molecule has 0 amide bonds. The van der Waals surface area contributed by atoms with Crippen molar-refractivity contribution in [2.24, 2.45) is 0 Å². The van der Waals surface area contributed by atoms with Crippen LogP contribution >= 0.6 is 11.6 Å². The van der Waals surface area contributed by atoms with Crippen LogP contribution in [0.4, 0.5) is 5.82 Å². The Balaban J connectivity index is 2.02. The van der Waals surface area contributed by atoms with E-state index in [4.69, 9.17) is 11.6 Å². The number of nitrogens with zero attached hydrogens (tertiary/aromatic N) is 2. The zero-order valence-corrected chi connectivity index (χ0v) is 9.70. The first-order valence-electron chi connectivity index (χ1n) is 5.01. The zero-order valence-electron chi connectivity index (χ0n) is 8.94. The number of halogens is 1. The lowest BCUT2D eigenvalue weighted by Crippen LogP contribution is -2.04. The molecule has 0 spiro atoms. The molecule has 0 unspecified atom stereocenters. The van der Waals surface area contributed by atoms with Gasteiger partial charge in [0.05, 0.1) is 17.3 Å². The summed E-state index contributed by atoms with van der Waals surface area (Å²) in [6, 6.07) is 7.63. The minimum atomic E-state index is 0.638. The molecule has 0 aromatic carbocycles. The Kier molecular flexibility index (Phi) is 3.37. The van der Waals surface area contributed by atoms with Crippen LogP contribution in [0.3, 0.4) is 0 Å². The number of aromatic nitrogens is 2. The highest BCUT2D eigenvalue weighted by Gasteiger charge is 1.99. The number of nitrogens with one attached hydrogen (secondary N) is 1. The van der Waals surface area contributed by atoms with E-state index in [2.05, 4.69) is 15.3 Å². The molecule has 4 heteroatoms. The molecule has 16 heavy (non-hydrogen) atoms. The number of anilines is 1. The maximum Gasteiger partial charge on any atom is 0.126 e. The first kappa shape index (κ1) is 10.9. The molecule has 0 aliphatic rings. The maximum absolute atomic E-state index is 5.75. The third-order valence-electron chi connectivity index (χ3n) is 2.28. The van der Waals surface area contributed by atoms with Gasteiger partial charge in [-0.15, -0.1) is 0 Å². The molecule has 2 aromatic rings. The van der Waals surface area contributed by atoms with Crippen LogP contribution < -0.4 is 5.32 Å². The predicted octanol–water partition coefficient (Wildman–Crippen LogP) is 3.05. The molecule has 2 aromatic heterocycles. The van der Waals surface area contributed by atoms with Gasteiger partial charge in [-0.1, -0.05) is 17.7 Å². The van der Waals surface area contributed by atoms with Gasteiger partial charge in [0.25, 0.3) is 0 Å². The standard InChI is InChI=1S/C12H12ClN3/c1-9-3-2-6-14-11(9)8-16-12-5-4-10(13)7-15-12/h2-7H,8H2,1H3,(H,15,16). The normalized spacial score (nSPS) is 10.1. The average Bonchev–Trinajstić information content (AvgIpc) is 2.30. The van der Waals surface area contributed by atoms with Crippen molar-refractivity contribution in [1.82, 2.24) is 9.97 Å². The topological polar surface area (TPSA) is 37.8 Å². The number of hydrogen-bond donors (Lipinski definition) is 1. The van der Waals surface area contributed by atoms with Crippen molar-refractivity contribution >= 4 is 17.4 Å². The average molecular weight is 234 g/mol. The van der Waals surface area contributed by atoms with Gasteiger partial charge in [0.1, 0.15) is 5.82 Å². The molecule has 3 nitrogen and oxygen atoms in total. The van der Waals surface area contributed by atoms with E-state index < -0.39 is 0 Å². The lowest BCUT2D eigenvalue weighted by atomic mass is 10.2. The van der Waals surface area contributed by atoms with Crippen LogP contribution in [0.5, 0.6) is 0 Å². The molecule has 82 valence electrons. The van der Waals surface area contributed by atoms with Crippen molar-refractivity contribution < 1.29 is 0 Å². The van der Waals surface area contributed by atoms with Gasteiger partial charge in [0.2, 0.25) is 0 Å². The third-order valence-corrected chi connectivity index (χ3v) is 2.51. The summed E-state index contributed by atoms with van der Waals surface area (Å²) in [5.41, 5.74) is 2.20. The van der Waals surface area contributed by atoms with Crippen LogP contribution in [0, 0.1) is 6.92 Å². The van der Waals surface area contributed by atoms with Crippen LogP contribution in [0.1, 0.15) is 11.3 Å². The molecule has 0 atom stereocenters. The van der Waals surface area contributed by atoms with E-state index in [0.29, 0.717) is 11.6 Å². The largest absolute Gasteiger partial charge is 0.364 e. The Labute approximate surface area is 99.5 Å². The van der Waals surface area contributed by atoms with Crippen molar-refractivity contribution in [1.29, 1.82) is 0 Å². The van der Waals surface area contributed by atoms with Gasteiger partial charge in [0, 0.05) is 12.4 Å². The quantitative estimate of drug-likeness (QED) is 0.886. The summed E-state index contributed by atoms with van der Waals surface area (Å²) in [5.74, 6) is 0.800. The fourth-order valence-electron chi connectivity index (χ4n) is 1.36. The first-order valence-corrected chi connectivity index (χ1v) is 5.39. The second-order valence-corrected chi connectivity index (χ2v) is 3.92. The second kappa shape index (κ2) is 4.94. The summed E-state index contributed by atoms with van der Waals surface area (Å²) in [4.78, 5) is 8.45. The van der Waals surface area contributed by atoms with E-state index in [0.717, 1.165) is 11.5 Å². The van der Waals surface area contributed by atoms with Crippen molar-refractivity contribution in [2.75, 3.05) is 5.32 Å². The molecule has 0 radical (unpaired) electrons. The summed E-state index contributed by atoms with van der Waals surface area (Å²) < 4.78 is 0. The van der Waals surface area contributed by atoms with Crippen LogP contribution in [0.15, 0.2) is 36.7 Å². The first-order chi connectivity index (χ1) is 7.75. The van der Waals surface area contributed by atoms with Crippen LogP contribution in [-0.4, -0.2) is 9.97 Å². The molecular weight excluding hydrogens is 222 g/mol. The Morgan fingerprint density at radius 2 is 2.12 bits per heavy atom. The highest BCUT2D eigenvalue weighted by Crippen LogP contribution is 2.11. The van der Waals surface area contributed by atoms with Gasteiger partial charge >= 0.3 is 0 Å². The maximum atomic E-state index is 5.75. The fraction of sp³-hybridized carbons (Fsp3) is 0.167. The molecule has 1 N–H and O–H groups in total. The lowest BCUT2D eigenvalue weighted by Gasteiger charge is -2.06. The number of hydrogen-bond acceptors (Lipinski definition) is 3. The van der Waals surface area contributed by atoms with Crippen molar-refractivity contribution in [3.8, 4) is 0 Å². The zero-order chi connectivity index (χ0) is 11.4. The summed E-state index contributed by atoms with van der Waals surface area (Å²) in [5, 5.41) is 3.84. The van der Waals surface area contributed by atoms with Crippen LogP contribution in [0.2, 0.25) is 5.02 Å². The Hall–Kier alpha value is -1.61. The van der Waals surface area contributed by atoms with E-state index in [9.17, 15) is 0 Å². The van der Waals surface area contributed by atoms with E-state index in [1.165, 1.54) is 5.56 Å². The van der Waals surface area contributed by atoms with Crippen molar-refractivity contribution in [3.63, 3.8) is 0 Å². The molecule has 2 heterocycles. The smallest absolute Gasteiger partial charge is 0.126 e. The van der Waals surface area contributed by atoms with Gasteiger partial charge in [-0.05, 0) is 30.7 Å². The second-order valence-electron chi connectivity index (χ2n) is 3.48. The molecule has 0 saturated carbocycles.